The van der Waals surface area contributed by atoms with Crippen LogP contribution in [-0.2, 0) is 6.54 Å². The summed E-state index contributed by atoms with van der Waals surface area (Å²) in [6, 6.07) is 12.5. The van der Waals surface area contributed by atoms with E-state index in [1.54, 1.807) is 16.8 Å². The summed E-state index contributed by atoms with van der Waals surface area (Å²) in [4.78, 5) is 32.1. The van der Waals surface area contributed by atoms with Gasteiger partial charge in [0.1, 0.15) is 16.6 Å². The summed E-state index contributed by atoms with van der Waals surface area (Å²) in [6.07, 6.45) is 5.19. The van der Waals surface area contributed by atoms with Gasteiger partial charge in [0.05, 0.1) is 12.2 Å². The Labute approximate surface area is 213 Å². The van der Waals surface area contributed by atoms with Crippen molar-refractivity contribution in [3.8, 4) is 22.4 Å². The van der Waals surface area contributed by atoms with Gasteiger partial charge < -0.3 is 15.4 Å². The second-order valence-corrected chi connectivity index (χ2v) is 9.83. The van der Waals surface area contributed by atoms with Gasteiger partial charge in [0.15, 0.2) is 5.65 Å². The molecule has 1 aliphatic carbocycles. The molecule has 1 fully saturated rings. The number of nitrogens with zero attached hydrogens (tertiary/aromatic N) is 6. The molecule has 184 valence electrons. The average molecular weight is 512 g/mol. The lowest BCUT2D eigenvalue weighted by Crippen LogP contribution is -2.24. The van der Waals surface area contributed by atoms with Gasteiger partial charge in [0.25, 0.3) is 5.62 Å². The summed E-state index contributed by atoms with van der Waals surface area (Å²) in [5.41, 5.74) is 3.67. The second kappa shape index (κ2) is 9.03. The molecule has 0 aliphatic heterocycles. The van der Waals surface area contributed by atoms with Crippen LogP contribution in [0.25, 0.3) is 22.2 Å². The zero-order chi connectivity index (χ0) is 25.5. The highest BCUT2D eigenvalue weighted by molar-refractivity contribution is 7.16. The molecule has 0 atom stereocenters. The molecule has 37 heavy (non-hydrogen) atoms. The largest absolute Gasteiger partial charge is 0.493 e. The Kier molecular flexibility index (Phi) is 5.54. The highest BCUT2D eigenvalue weighted by Crippen LogP contribution is 2.33. The molecule has 0 saturated heterocycles. The second-order valence-electron chi connectivity index (χ2n) is 8.77. The molecule has 1 aromatic carbocycles. The SMILES string of the molecule is Cc1cc(-c2ccccc2CNc2nc(=NC3CC3)n3ncc(=Cc4[nH]c(=O)[nH]c4O)c3n2)sc1C#N. The fourth-order valence-corrected chi connectivity index (χ4v) is 5.00. The maximum atomic E-state index is 11.5. The molecule has 5 aromatic rings. The lowest BCUT2D eigenvalue weighted by Gasteiger charge is -2.10. The summed E-state index contributed by atoms with van der Waals surface area (Å²) in [7, 11) is 0. The number of aryl methyl sites for hydroxylation is 1. The van der Waals surface area contributed by atoms with E-state index in [-0.39, 0.29) is 17.6 Å². The van der Waals surface area contributed by atoms with E-state index in [0.717, 1.165) is 34.4 Å². The average Bonchev–Trinajstić information content (AvgIpc) is 3.35. The predicted octanol–water partition coefficient (Wildman–Crippen LogP) is 1.98. The van der Waals surface area contributed by atoms with Gasteiger partial charge in [0.2, 0.25) is 11.8 Å². The van der Waals surface area contributed by atoms with E-state index in [0.29, 0.717) is 33.9 Å². The van der Waals surface area contributed by atoms with Crippen molar-refractivity contribution < 1.29 is 5.11 Å². The first-order valence-electron chi connectivity index (χ1n) is 11.6. The molecule has 4 heterocycles. The standard InChI is InChI=1S/C25H21N9O2S/c1-13-8-19(37-20(13)10-26)17-5-3-2-4-14(17)11-27-23-31-21-15(9-18-22(35)32-25(36)30-18)12-28-34(21)24(33-23)29-16-6-7-16/h2-5,8-9,12,16,35H,6-7,11H2,1H3,(H,27,29,33)(H2,30,32,36). The van der Waals surface area contributed by atoms with E-state index in [2.05, 4.69) is 36.4 Å². The van der Waals surface area contributed by atoms with Gasteiger partial charge in [-0.1, -0.05) is 24.3 Å². The molecule has 4 N–H and O–H groups in total. The molecule has 0 unspecified atom stereocenters. The first kappa shape index (κ1) is 22.7. The van der Waals surface area contributed by atoms with Crippen LogP contribution in [0.4, 0.5) is 5.95 Å². The van der Waals surface area contributed by atoms with Crippen molar-refractivity contribution in [3.05, 3.63) is 79.5 Å². The fourth-order valence-electron chi connectivity index (χ4n) is 3.97. The summed E-state index contributed by atoms with van der Waals surface area (Å²) in [5, 5.41) is 27.6. The minimum atomic E-state index is -0.511. The number of hydrogen-bond donors (Lipinski definition) is 4. The number of anilines is 1. The van der Waals surface area contributed by atoms with Gasteiger partial charge in [-0.15, -0.1) is 11.3 Å². The summed E-state index contributed by atoms with van der Waals surface area (Å²) in [5.74, 6) is 0.114. The number of imidazole rings is 1. The minimum Gasteiger partial charge on any atom is -0.493 e. The number of aromatic amines is 2. The molecule has 1 saturated carbocycles. The number of thiophene rings is 1. The molecule has 0 bridgehead atoms. The van der Waals surface area contributed by atoms with Crippen molar-refractivity contribution in [1.29, 1.82) is 5.26 Å². The van der Waals surface area contributed by atoms with Crippen LogP contribution in [0.1, 0.15) is 34.5 Å². The van der Waals surface area contributed by atoms with E-state index in [9.17, 15) is 15.2 Å². The number of aromatic nitrogens is 6. The lowest BCUT2D eigenvalue weighted by molar-refractivity contribution is 0.454. The van der Waals surface area contributed by atoms with Crippen molar-refractivity contribution >= 4 is 29.0 Å². The Morgan fingerprint density at radius 2 is 2.16 bits per heavy atom. The lowest BCUT2D eigenvalue weighted by atomic mass is 10.1. The van der Waals surface area contributed by atoms with Crippen molar-refractivity contribution in [2.45, 2.75) is 32.4 Å². The Morgan fingerprint density at radius 3 is 2.89 bits per heavy atom. The number of H-pyrrole nitrogens is 2. The monoisotopic (exact) mass is 511 g/mol. The van der Waals surface area contributed by atoms with Crippen LogP contribution >= 0.6 is 11.3 Å². The third kappa shape index (κ3) is 4.48. The molecule has 4 aromatic heterocycles. The highest BCUT2D eigenvalue weighted by atomic mass is 32.1. The Balaban J connectivity index is 1.39. The van der Waals surface area contributed by atoms with Gasteiger partial charge in [-0.25, -0.2) is 9.79 Å². The number of aromatic hydroxyl groups is 1. The number of nitrogens with one attached hydrogen (secondary N) is 3. The normalized spacial score (nSPS) is 14.4. The highest BCUT2D eigenvalue weighted by Gasteiger charge is 2.21. The molecule has 1 aliphatic rings. The van der Waals surface area contributed by atoms with E-state index in [1.165, 1.54) is 11.3 Å². The molecule has 12 heteroatoms. The molecular formula is C25H21N9O2S. The zero-order valence-corrected chi connectivity index (χ0v) is 20.5. The summed E-state index contributed by atoms with van der Waals surface area (Å²) >= 11 is 1.47. The maximum absolute atomic E-state index is 11.5. The van der Waals surface area contributed by atoms with Gasteiger partial charge >= 0.3 is 5.69 Å². The zero-order valence-electron chi connectivity index (χ0n) is 19.7. The number of nitriles is 1. The number of rotatable bonds is 6. The topological polar surface area (TPSA) is 160 Å². The van der Waals surface area contributed by atoms with Gasteiger partial charge in [-0.2, -0.15) is 24.8 Å². The van der Waals surface area contributed by atoms with Crippen LogP contribution < -0.4 is 21.8 Å². The first-order valence-corrected chi connectivity index (χ1v) is 12.5. The Hall–Kier alpha value is -4.76. The van der Waals surface area contributed by atoms with Crippen LogP contribution in [0.3, 0.4) is 0 Å². The van der Waals surface area contributed by atoms with Crippen LogP contribution in [0, 0.1) is 18.3 Å². The fraction of sp³-hybridized carbons (Fsp3) is 0.200. The van der Waals surface area contributed by atoms with Crippen molar-refractivity contribution in [2.75, 3.05) is 5.32 Å². The number of fused-ring (bicyclic) bond motifs is 1. The first-order chi connectivity index (χ1) is 18.0. The number of benzene rings is 1. The quantitative estimate of drug-likeness (QED) is 0.271. The molecule has 0 amide bonds. The van der Waals surface area contributed by atoms with Crippen LogP contribution in [0.5, 0.6) is 5.88 Å². The third-order valence-electron chi connectivity index (χ3n) is 6.00. The molecule has 0 radical (unpaired) electrons. The van der Waals surface area contributed by atoms with Crippen LogP contribution in [-0.4, -0.2) is 40.7 Å². The number of hydrogen-bond acceptors (Lipinski definition) is 9. The summed E-state index contributed by atoms with van der Waals surface area (Å²) in [6.45, 7) is 2.39. The predicted molar refractivity (Wildman–Crippen MR) is 138 cm³/mol. The van der Waals surface area contributed by atoms with Crippen LogP contribution in [0.15, 0.2) is 46.3 Å². The van der Waals surface area contributed by atoms with E-state index >= 15 is 0 Å². The van der Waals surface area contributed by atoms with E-state index < -0.39 is 5.69 Å². The van der Waals surface area contributed by atoms with Crippen molar-refractivity contribution in [3.63, 3.8) is 0 Å². The van der Waals surface area contributed by atoms with E-state index in [1.807, 2.05) is 37.3 Å². The third-order valence-corrected chi connectivity index (χ3v) is 7.17. The molecular weight excluding hydrogens is 490 g/mol. The van der Waals surface area contributed by atoms with Crippen LogP contribution in [0.2, 0.25) is 0 Å². The molecule has 11 nitrogen and oxygen atoms in total. The smallest absolute Gasteiger partial charge is 0.326 e. The Bertz CT molecular complexity index is 1870. The van der Waals surface area contributed by atoms with E-state index in [4.69, 9.17) is 4.99 Å². The van der Waals surface area contributed by atoms with Gasteiger partial charge in [0, 0.05) is 16.6 Å². The molecule has 0 spiro atoms. The van der Waals surface area contributed by atoms with Crippen molar-refractivity contribution in [2.24, 2.45) is 4.99 Å². The Morgan fingerprint density at radius 1 is 1.32 bits per heavy atom. The summed E-state index contributed by atoms with van der Waals surface area (Å²) < 4.78 is 1.56. The van der Waals surface area contributed by atoms with Gasteiger partial charge in [-0.05, 0) is 48.6 Å². The van der Waals surface area contributed by atoms with Crippen molar-refractivity contribution in [1.82, 2.24) is 29.5 Å². The minimum absolute atomic E-state index is 0.213. The molecule has 6 rings (SSSR count). The maximum Gasteiger partial charge on any atom is 0.326 e. The van der Waals surface area contributed by atoms with Gasteiger partial charge in [-0.3, -0.25) is 4.98 Å².